The number of esters is 1. The highest BCUT2D eigenvalue weighted by atomic mass is 16.6. The molecule has 1 amide bonds. The van der Waals surface area contributed by atoms with Crippen LogP contribution >= 0.6 is 0 Å². The molecule has 30 heavy (non-hydrogen) atoms. The molecule has 1 N–H and O–H groups in total. The molecule has 0 aliphatic rings. The smallest absolute Gasteiger partial charge is 0.349 e. The van der Waals surface area contributed by atoms with Gasteiger partial charge in [-0.15, -0.1) is 0 Å². The molecule has 0 spiro atoms. The van der Waals surface area contributed by atoms with Crippen LogP contribution in [-0.2, 0) is 14.3 Å². The van der Waals surface area contributed by atoms with Crippen molar-refractivity contribution in [1.82, 2.24) is 0 Å². The predicted octanol–water partition coefficient (Wildman–Crippen LogP) is 3.47. The second-order valence-corrected chi connectivity index (χ2v) is 5.98. The summed E-state index contributed by atoms with van der Waals surface area (Å²) in [6, 6.07) is 14.0. The number of rotatable bonds is 8. The van der Waals surface area contributed by atoms with Gasteiger partial charge in [0.25, 0.3) is 11.6 Å². The van der Waals surface area contributed by atoms with Crippen LogP contribution in [0.2, 0.25) is 0 Å². The van der Waals surface area contributed by atoms with Gasteiger partial charge in [-0.05, 0) is 43.7 Å². The third kappa shape index (κ3) is 5.90. The molecule has 0 heterocycles. The van der Waals surface area contributed by atoms with Crippen molar-refractivity contribution in [3.8, 4) is 11.8 Å². The highest BCUT2D eigenvalue weighted by Crippen LogP contribution is 2.23. The molecule has 1 atom stereocenters. The number of carbonyl (C=O) groups is 2. The normalized spacial score (nSPS) is 11.7. The molecule has 0 radical (unpaired) electrons. The molecule has 0 saturated heterocycles. The Morgan fingerprint density at radius 3 is 2.50 bits per heavy atom. The van der Waals surface area contributed by atoms with E-state index in [1.54, 1.807) is 30.3 Å². The lowest BCUT2D eigenvalue weighted by molar-refractivity contribution is -0.383. The topological polar surface area (TPSA) is 132 Å². The largest absolute Gasteiger partial charge is 0.494 e. The van der Waals surface area contributed by atoms with Gasteiger partial charge in [0.15, 0.2) is 6.10 Å². The highest BCUT2D eigenvalue weighted by molar-refractivity contribution is 6.01. The molecule has 0 aliphatic carbocycles. The fourth-order valence-corrected chi connectivity index (χ4v) is 2.38. The molecule has 0 fully saturated rings. The van der Waals surface area contributed by atoms with Crippen LogP contribution in [0, 0.1) is 21.4 Å². The number of nitrogens with one attached hydrogen (secondary N) is 1. The average Bonchev–Trinajstić information content (AvgIpc) is 2.73. The number of nitriles is 1. The summed E-state index contributed by atoms with van der Waals surface area (Å²) >= 11 is 0. The van der Waals surface area contributed by atoms with Crippen molar-refractivity contribution in [2.24, 2.45) is 0 Å². The van der Waals surface area contributed by atoms with Gasteiger partial charge in [0.05, 0.1) is 11.5 Å². The summed E-state index contributed by atoms with van der Waals surface area (Å²) in [5.41, 5.74) is -0.0493. The number of carbonyl (C=O) groups excluding carboxylic acids is 2. The minimum Gasteiger partial charge on any atom is -0.494 e. The van der Waals surface area contributed by atoms with Crippen molar-refractivity contribution in [3.63, 3.8) is 0 Å². The van der Waals surface area contributed by atoms with Crippen molar-refractivity contribution < 1.29 is 24.0 Å². The number of amides is 1. The number of nitro benzene ring substituents is 1. The Morgan fingerprint density at radius 1 is 1.23 bits per heavy atom. The SMILES string of the molecule is CCOc1ccc(/C=C(\C#N)C(=O)O[C@@H](C)C(=O)Nc2ccccc2[N+](=O)[O-])cc1. The Balaban J connectivity index is 2.06. The van der Waals surface area contributed by atoms with Crippen molar-refractivity contribution >= 4 is 29.3 Å². The van der Waals surface area contributed by atoms with Crippen LogP contribution in [0.5, 0.6) is 5.75 Å². The quantitative estimate of drug-likeness (QED) is 0.232. The zero-order chi connectivity index (χ0) is 22.1. The molecule has 0 aliphatic heterocycles. The summed E-state index contributed by atoms with van der Waals surface area (Å²) in [6.07, 6.45) is 0.0412. The number of ether oxygens (including phenoxy) is 2. The molecular weight excluding hydrogens is 390 g/mol. The maximum Gasteiger partial charge on any atom is 0.349 e. The summed E-state index contributed by atoms with van der Waals surface area (Å²) in [7, 11) is 0. The molecule has 2 rings (SSSR count). The summed E-state index contributed by atoms with van der Waals surface area (Å²) < 4.78 is 10.4. The molecule has 2 aromatic rings. The average molecular weight is 409 g/mol. The molecule has 0 unspecified atom stereocenters. The molecule has 154 valence electrons. The van der Waals surface area contributed by atoms with Gasteiger partial charge in [-0.25, -0.2) is 4.79 Å². The maximum absolute atomic E-state index is 12.3. The van der Waals surface area contributed by atoms with E-state index in [0.29, 0.717) is 17.9 Å². The lowest BCUT2D eigenvalue weighted by atomic mass is 10.1. The lowest BCUT2D eigenvalue weighted by Gasteiger charge is -2.13. The van der Waals surface area contributed by atoms with E-state index >= 15 is 0 Å². The van der Waals surface area contributed by atoms with Gasteiger partial charge in [0.2, 0.25) is 0 Å². The van der Waals surface area contributed by atoms with Gasteiger partial charge >= 0.3 is 5.97 Å². The number of hydrogen-bond donors (Lipinski definition) is 1. The van der Waals surface area contributed by atoms with Crippen molar-refractivity contribution in [2.45, 2.75) is 20.0 Å². The molecule has 0 saturated carbocycles. The molecular formula is C21H19N3O6. The van der Waals surface area contributed by atoms with E-state index in [1.807, 2.05) is 6.92 Å². The van der Waals surface area contributed by atoms with Gasteiger partial charge in [-0.2, -0.15) is 5.26 Å². The van der Waals surface area contributed by atoms with E-state index in [-0.39, 0.29) is 16.9 Å². The Bertz CT molecular complexity index is 1010. The van der Waals surface area contributed by atoms with Gasteiger partial charge < -0.3 is 14.8 Å². The third-order valence-corrected chi connectivity index (χ3v) is 3.85. The fraction of sp³-hybridized carbons (Fsp3) is 0.190. The molecule has 9 heteroatoms. The first kappa shape index (κ1) is 22.1. The minimum atomic E-state index is -1.28. The molecule has 2 aromatic carbocycles. The minimum absolute atomic E-state index is 0.0270. The van der Waals surface area contributed by atoms with Crippen molar-refractivity contribution in [3.05, 3.63) is 69.8 Å². The van der Waals surface area contributed by atoms with E-state index < -0.39 is 22.9 Å². The number of benzene rings is 2. The summed E-state index contributed by atoms with van der Waals surface area (Å²) in [5, 5.41) is 22.6. The third-order valence-electron chi connectivity index (χ3n) is 3.85. The van der Waals surface area contributed by atoms with Crippen LogP contribution in [-0.4, -0.2) is 29.5 Å². The lowest BCUT2D eigenvalue weighted by Crippen LogP contribution is -2.30. The number of nitro groups is 1. The first-order valence-corrected chi connectivity index (χ1v) is 8.95. The number of anilines is 1. The van der Waals surface area contributed by atoms with E-state index in [0.717, 1.165) is 0 Å². The monoisotopic (exact) mass is 409 g/mol. The zero-order valence-corrected chi connectivity index (χ0v) is 16.3. The first-order valence-electron chi connectivity index (χ1n) is 8.95. The highest BCUT2D eigenvalue weighted by Gasteiger charge is 2.23. The maximum atomic E-state index is 12.3. The van der Waals surface area contributed by atoms with Crippen molar-refractivity contribution in [1.29, 1.82) is 5.26 Å². The Morgan fingerprint density at radius 2 is 1.90 bits per heavy atom. The second-order valence-electron chi connectivity index (χ2n) is 5.98. The first-order chi connectivity index (χ1) is 14.3. The molecule has 0 bridgehead atoms. The van der Waals surface area contributed by atoms with Gasteiger partial charge in [0.1, 0.15) is 23.1 Å². The Kier molecular flexibility index (Phi) is 7.65. The Labute approximate surface area is 172 Å². The fourth-order valence-electron chi connectivity index (χ4n) is 2.38. The van der Waals surface area contributed by atoms with Crippen LogP contribution in [0.4, 0.5) is 11.4 Å². The zero-order valence-electron chi connectivity index (χ0n) is 16.3. The van der Waals surface area contributed by atoms with E-state index in [9.17, 15) is 25.0 Å². The summed E-state index contributed by atoms with van der Waals surface area (Å²) in [6.45, 7) is 3.66. The van der Waals surface area contributed by atoms with Crippen LogP contribution in [0.25, 0.3) is 6.08 Å². The number of nitrogens with zero attached hydrogens (tertiary/aromatic N) is 2. The molecule has 9 nitrogen and oxygen atoms in total. The predicted molar refractivity (Wildman–Crippen MR) is 108 cm³/mol. The Hall–Kier alpha value is -4.19. The number of para-hydroxylation sites is 2. The van der Waals surface area contributed by atoms with Gasteiger partial charge in [0, 0.05) is 6.07 Å². The van der Waals surface area contributed by atoms with Gasteiger partial charge in [-0.3, -0.25) is 14.9 Å². The van der Waals surface area contributed by atoms with Crippen LogP contribution in [0.3, 0.4) is 0 Å². The summed E-state index contributed by atoms with van der Waals surface area (Å²) in [4.78, 5) is 34.9. The van der Waals surface area contributed by atoms with Crippen LogP contribution in [0.1, 0.15) is 19.4 Å². The second kappa shape index (κ2) is 10.4. The molecule has 0 aromatic heterocycles. The van der Waals surface area contributed by atoms with Crippen molar-refractivity contribution in [2.75, 3.05) is 11.9 Å². The summed E-state index contributed by atoms with van der Waals surface area (Å²) in [5.74, 6) is -1.11. The van der Waals surface area contributed by atoms with E-state index in [4.69, 9.17) is 9.47 Å². The van der Waals surface area contributed by atoms with E-state index in [1.165, 1.54) is 37.3 Å². The van der Waals surface area contributed by atoms with Gasteiger partial charge in [-0.1, -0.05) is 24.3 Å². The van der Waals surface area contributed by atoms with Crippen LogP contribution < -0.4 is 10.1 Å². The number of hydrogen-bond acceptors (Lipinski definition) is 7. The van der Waals surface area contributed by atoms with E-state index in [2.05, 4.69) is 5.32 Å². The standard InChI is InChI=1S/C21H19N3O6/c1-3-29-17-10-8-15(9-11-17)12-16(13-22)21(26)30-14(2)20(25)23-18-6-4-5-7-19(18)24(27)28/h4-12,14H,3H2,1-2H3,(H,23,25)/b16-12+/t14-/m0/s1. The van der Waals surface area contributed by atoms with Crippen LogP contribution in [0.15, 0.2) is 54.1 Å².